The average molecular weight is 1470 g/mol. The van der Waals surface area contributed by atoms with Crippen molar-refractivity contribution in [1.29, 1.82) is 0 Å². The molecule has 22 rings (SSSR count). The summed E-state index contributed by atoms with van der Waals surface area (Å²) in [5, 5.41) is 21.5. The smallest absolute Gasteiger partial charge is 0.260 e. The molecule has 2 saturated carbocycles. The van der Waals surface area contributed by atoms with Gasteiger partial charge in [0.15, 0.2) is 0 Å². The summed E-state index contributed by atoms with van der Waals surface area (Å²) in [6.45, 7) is 12.2. The van der Waals surface area contributed by atoms with Crippen LogP contribution >= 0.6 is 0 Å². The highest BCUT2D eigenvalue weighted by atomic mass is 16.1. The number of hydrogen-bond acceptors (Lipinski definition) is 16. The summed E-state index contributed by atoms with van der Waals surface area (Å²) in [5.41, 5.74) is 17.7. The molecule has 2 fully saturated rings. The van der Waals surface area contributed by atoms with Crippen molar-refractivity contribution < 1.29 is 0 Å². The Bertz CT molecular complexity index is 6200. The normalized spacial score (nSPS) is 14.8. The zero-order valence-electron chi connectivity index (χ0n) is 62.0. The van der Waals surface area contributed by atoms with Gasteiger partial charge in [0.2, 0.25) is 0 Å². The van der Waals surface area contributed by atoms with Crippen molar-refractivity contribution >= 4 is 43.6 Å². The van der Waals surface area contributed by atoms with E-state index in [0.29, 0.717) is 67.8 Å². The summed E-state index contributed by atoms with van der Waals surface area (Å²) in [4.78, 5) is 91.9. The van der Waals surface area contributed by atoms with Crippen LogP contribution in [0, 0.1) is 0 Å². The first-order valence-electron chi connectivity index (χ1n) is 38.1. The number of hydrogen-bond donors (Lipinski definition) is 2. The van der Waals surface area contributed by atoms with E-state index in [1.165, 1.54) is 47.5 Å². The Kier molecular flexibility index (Phi) is 16.7. The van der Waals surface area contributed by atoms with E-state index in [1.807, 2.05) is 107 Å². The summed E-state index contributed by atoms with van der Waals surface area (Å²) < 4.78 is 20.1. The van der Waals surface area contributed by atoms with Crippen molar-refractivity contribution in [3.8, 4) is 90.6 Å². The fourth-order valence-electron chi connectivity index (χ4n) is 15.9. The third-order valence-electron chi connectivity index (χ3n) is 21.8. The van der Waals surface area contributed by atoms with Gasteiger partial charge < -0.3 is 37.4 Å². The number of H-pyrrole nitrogens is 2. The van der Waals surface area contributed by atoms with Crippen LogP contribution in [0.15, 0.2) is 166 Å². The number of benzene rings is 4. The van der Waals surface area contributed by atoms with Gasteiger partial charge in [0, 0.05) is 125 Å². The molecule has 0 atom stereocenters. The number of nitrogens with one attached hydrogen (secondary N) is 2. The topological polar surface area (TPSA) is 304 Å². The third kappa shape index (κ3) is 12.2. The fraction of sp³-hybridized carbons (Fsp3) is 0.317. The molecular formula is C82H80N24O4. The number of aromatic amines is 2. The Morgan fingerprint density at radius 3 is 1.00 bits per heavy atom. The second-order valence-electron chi connectivity index (χ2n) is 30.0. The van der Waals surface area contributed by atoms with Crippen molar-refractivity contribution in [3.05, 3.63) is 212 Å². The molecule has 12 aromatic heterocycles. The van der Waals surface area contributed by atoms with Gasteiger partial charge in [0.05, 0.1) is 104 Å². The Hall–Kier alpha value is -12.9. The largest absolute Gasteiger partial charge is 0.327 e. The van der Waals surface area contributed by atoms with E-state index in [-0.39, 0.29) is 22.2 Å². The van der Waals surface area contributed by atoms with Gasteiger partial charge >= 0.3 is 0 Å². The van der Waals surface area contributed by atoms with Crippen LogP contribution < -0.4 is 22.2 Å². The van der Waals surface area contributed by atoms with Crippen LogP contribution in [0.1, 0.15) is 127 Å². The first-order valence-corrected chi connectivity index (χ1v) is 38.1. The Morgan fingerprint density at radius 1 is 0.373 bits per heavy atom. The highest BCUT2D eigenvalue weighted by Crippen LogP contribution is 2.43. The second kappa shape index (κ2) is 27.1. The van der Waals surface area contributed by atoms with E-state index in [2.05, 4.69) is 110 Å². The minimum Gasteiger partial charge on any atom is -0.327 e. The van der Waals surface area contributed by atoms with E-state index < -0.39 is 0 Å². The fourth-order valence-corrected chi connectivity index (χ4v) is 15.9. The number of fused-ring (bicyclic) bond motifs is 8. The molecule has 2 N–H and O–H groups in total. The van der Waals surface area contributed by atoms with Crippen molar-refractivity contribution in [2.75, 3.05) is 0 Å². The van der Waals surface area contributed by atoms with Crippen molar-refractivity contribution in [2.24, 2.45) is 14.1 Å². The number of imidazole rings is 4. The van der Waals surface area contributed by atoms with Gasteiger partial charge in [-0.25, -0.2) is 39.9 Å². The van der Waals surface area contributed by atoms with E-state index in [4.69, 9.17) is 40.3 Å². The Morgan fingerprint density at radius 2 is 0.682 bits per heavy atom. The Balaban J connectivity index is 0.0000000993. The summed E-state index contributed by atoms with van der Waals surface area (Å²) in [5.74, 6) is 4.37. The molecule has 0 radical (unpaired) electrons. The molecule has 552 valence electrons. The monoisotopic (exact) mass is 1460 g/mol. The first-order chi connectivity index (χ1) is 53.6. The maximum absolute atomic E-state index is 12.6. The summed E-state index contributed by atoms with van der Waals surface area (Å²) in [7, 11) is 3.45. The van der Waals surface area contributed by atoms with E-state index in [0.717, 1.165) is 191 Å². The number of nitrogens with zero attached hydrogens (tertiary/aromatic N) is 22. The predicted molar refractivity (Wildman–Crippen MR) is 419 cm³/mol. The van der Waals surface area contributed by atoms with E-state index in [9.17, 15) is 19.2 Å². The predicted octanol–water partition coefficient (Wildman–Crippen LogP) is 12.2. The molecule has 0 unspecified atom stereocenters. The lowest BCUT2D eigenvalue weighted by Gasteiger charge is -2.09. The van der Waals surface area contributed by atoms with Gasteiger partial charge in [-0.3, -0.25) is 37.9 Å². The molecule has 2 aliphatic carbocycles. The molecule has 0 saturated heterocycles. The molecule has 110 heavy (non-hydrogen) atoms. The summed E-state index contributed by atoms with van der Waals surface area (Å²) in [6, 6.07) is 33.3. The average Bonchev–Trinajstić information content (AvgIpc) is 1.60. The van der Waals surface area contributed by atoms with Gasteiger partial charge in [0.25, 0.3) is 22.2 Å². The first kappa shape index (κ1) is 67.7. The lowest BCUT2D eigenvalue weighted by atomic mass is 10.1. The molecular weight excluding hydrogens is 1390 g/mol. The third-order valence-corrected chi connectivity index (χ3v) is 21.8. The molecule has 0 amide bonds. The van der Waals surface area contributed by atoms with Gasteiger partial charge in [-0.05, 0) is 152 Å². The molecule has 6 aliphatic rings. The van der Waals surface area contributed by atoms with Gasteiger partial charge in [-0.1, -0.05) is 24.3 Å². The second-order valence-corrected chi connectivity index (χ2v) is 30.0. The molecule has 0 bridgehead atoms. The van der Waals surface area contributed by atoms with Gasteiger partial charge in [-0.15, -0.1) is 0 Å². The van der Waals surface area contributed by atoms with Gasteiger partial charge in [0.1, 0.15) is 68.8 Å². The van der Waals surface area contributed by atoms with Crippen LogP contribution in [0.4, 0.5) is 0 Å². The SMILES string of the molecule is CC(C)n1ccc(-c2nc3n(c2-c2ccc4nc[nH]c(=O)c4c2)CCC3)n1.CC(C)n1ccc(-c2nc3n(c2-c2ccc4ncn(C)c(=O)c4c2)CCC3)n1.Cn1cnc2ccc(-c3c(-c4ccn(C5CC5)n4)nc4n3CCC4)cc2c1=O.O=c1[nH]cnc2ccc(-c3c(-c4ccn(C5CC5)n4)nc4n3CCC4)cc12. The number of rotatable bonds is 12. The molecule has 4 aliphatic heterocycles. The van der Waals surface area contributed by atoms with Crippen molar-refractivity contribution in [3.63, 3.8) is 0 Å². The summed E-state index contributed by atoms with van der Waals surface area (Å²) in [6.07, 6.45) is 27.2. The standard InChI is InChI=1S/C21H20N6O.C21H22N6O.C20H18N6O.C20H20N6O/c1-25-12-22-16-7-4-13(11-15(16)21(25)28)20-19(23-18-3-2-9-26(18)20)17-8-10-27(24-17)14-5-6-14;1-13(2)27-10-8-17(24-27)19-20(26-9-4-5-18(26)23-19)14-6-7-16-15(11-14)21(28)25(3)12-22-16;27-20-14-10-12(3-6-15(14)21-11-22-20)19-18(23-17-2-1-8-25(17)19)16-7-9-26(24-16)13-4-5-13;1-12(2)26-9-7-16(24-26)18-19(25-8-3-4-17(25)23-18)13-5-6-15-14(10-13)20(27)22-11-21-15/h4,7-8,10-12,14H,2-3,5-6,9H2,1H3;6-8,10-13H,4-5,9H2,1-3H3;3,6-7,9-11,13H,1-2,4-5,8H2,(H,21,22,27);5-7,9-12H,3-4,8H2,1-2H3,(H,21,22,27). The highest BCUT2D eigenvalue weighted by Gasteiger charge is 2.32. The molecule has 0 spiro atoms. The molecule has 16 aromatic rings. The van der Waals surface area contributed by atoms with Gasteiger partial charge in [-0.2, -0.15) is 20.4 Å². The lowest BCUT2D eigenvalue weighted by molar-refractivity contribution is 0.534. The van der Waals surface area contributed by atoms with Crippen LogP contribution in [0.2, 0.25) is 0 Å². The van der Waals surface area contributed by atoms with Crippen molar-refractivity contribution in [2.45, 2.75) is 155 Å². The van der Waals surface area contributed by atoms with E-state index in [1.54, 1.807) is 26.7 Å². The molecule has 4 aromatic carbocycles. The zero-order chi connectivity index (χ0) is 74.7. The molecule has 16 heterocycles. The maximum Gasteiger partial charge on any atom is 0.260 e. The van der Waals surface area contributed by atoms with Crippen LogP contribution in [0.25, 0.3) is 134 Å². The van der Waals surface area contributed by atoms with Crippen LogP contribution in [0.3, 0.4) is 0 Å². The highest BCUT2D eigenvalue weighted by molar-refractivity contribution is 5.91. The molecule has 28 nitrogen and oxygen atoms in total. The van der Waals surface area contributed by atoms with Crippen LogP contribution in [-0.4, -0.2) is 116 Å². The van der Waals surface area contributed by atoms with Crippen molar-refractivity contribution in [1.82, 2.24) is 116 Å². The molecule has 28 heteroatoms. The number of aryl methyl sites for hydroxylation is 6. The zero-order valence-corrected chi connectivity index (χ0v) is 62.0. The van der Waals surface area contributed by atoms with E-state index >= 15 is 0 Å². The van der Waals surface area contributed by atoms with Crippen LogP contribution in [0.5, 0.6) is 0 Å². The quantitative estimate of drug-likeness (QED) is 0.115. The minimum absolute atomic E-state index is 0.0347. The minimum atomic E-state index is -0.131. The maximum atomic E-state index is 12.6. The van der Waals surface area contributed by atoms with Crippen LogP contribution in [-0.2, 0) is 66.0 Å². The Labute approximate surface area is 628 Å². The number of aromatic nitrogens is 24. The lowest BCUT2D eigenvalue weighted by Crippen LogP contribution is -2.16. The summed E-state index contributed by atoms with van der Waals surface area (Å²) >= 11 is 0.